The molecule has 1 aliphatic rings. The predicted octanol–water partition coefficient (Wildman–Crippen LogP) is 0.860. The van der Waals surface area contributed by atoms with Gasteiger partial charge in [-0.15, -0.1) is 5.10 Å². The summed E-state index contributed by atoms with van der Waals surface area (Å²) in [6, 6.07) is 0. The van der Waals surface area contributed by atoms with Gasteiger partial charge in [0.15, 0.2) is 5.82 Å². The number of amides is 2. The first kappa shape index (κ1) is 15.1. The van der Waals surface area contributed by atoms with Crippen LogP contribution in [0.1, 0.15) is 35.2 Å². The summed E-state index contributed by atoms with van der Waals surface area (Å²) in [6.45, 7) is 1.93. The first-order valence-electron chi connectivity index (χ1n) is 7.16. The second-order valence-corrected chi connectivity index (χ2v) is 5.57. The molecule has 2 aromatic heterocycles. The highest BCUT2D eigenvalue weighted by Gasteiger charge is 2.30. The zero-order valence-corrected chi connectivity index (χ0v) is 13.4. The zero-order valence-electron chi connectivity index (χ0n) is 13.4. The van der Waals surface area contributed by atoms with Crippen LogP contribution < -0.4 is 15.4 Å². The van der Waals surface area contributed by atoms with Gasteiger partial charge in [-0.05, 0) is 5.92 Å². The minimum atomic E-state index is -0.361. The summed E-state index contributed by atoms with van der Waals surface area (Å²) < 4.78 is 8.16. The molecule has 0 spiro atoms. The number of hydrogen-bond donors (Lipinski definition) is 2. The molecule has 0 radical (unpaired) electrons. The van der Waals surface area contributed by atoms with E-state index in [0.29, 0.717) is 23.6 Å². The molecule has 3 heterocycles. The Morgan fingerprint density at radius 1 is 1.43 bits per heavy atom. The molecule has 0 aromatic carbocycles. The van der Waals surface area contributed by atoms with Gasteiger partial charge in [-0.2, -0.15) is 5.10 Å². The molecule has 0 aliphatic carbocycles. The summed E-state index contributed by atoms with van der Waals surface area (Å²) in [5, 5.41) is 13.9. The Balaban J connectivity index is 1.93. The summed E-state index contributed by atoms with van der Waals surface area (Å²) in [4.78, 5) is 24.2. The fraction of sp³-hybridized carbons (Fsp3) is 0.429. The van der Waals surface area contributed by atoms with Crippen LogP contribution in [0.2, 0.25) is 0 Å². The molecule has 0 saturated heterocycles. The van der Waals surface area contributed by atoms with Gasteiger partial charge in [-0.3, -0.25) is 19.0 Å². The lowest BCUT2D eigenvalue weighted by Crippen LogP contribution is -2.23. The number of nitrogens with one attached hydrogen (secondary N) is 2. The summed E-state index contributed by atoms with van der Waals surface area (Å²) in [7, 11) is 4.89. The summed E-state index contributed by atoms with van der Waals surface area (Å²) in [5.41, 5.74) is 1.14. The van der Waals surface area contributed by atoms with Crippen LogP contribution in [0.15, 0.2) is 6.20 Å². The topological polar surface area (TPSA) is 103 Å². The van der Waals surface area contributed by atoms with Crippen molar-refractivity contribution in [3.05, 3.63) is 17.3 Å². The molecule has 0 bridgehead atoms. The van der Waals surface area contributed by atoms with E-state index in [1.54, 1.807) is 25.0 Å². The van der Waals surface area contributed by atoms with Gasteiger partial charge in [0.25, 0.3) is 5.91 Å². The summed E-state index contributed by atoms with van der Waals surface area (Å²) in [6.07, 6.45) is 1.94. The van der Waals surface area contributed by atoms with Crippen molar-refractivity contribution >= 4 is 23.5 Å². The average molecular weight is 318 g/mol. The standard InChI is InChI=1S/C14H18N6O3/c1-7-5-9(21)15-12-10(7)11(17-20(12)3)16-13(22)8-6-19(2)18-14(8)23-4/h6-7H,5H2,1-4H3,(H,15,21)(H,16,17,22)/t7-/m0/s1. The van der Waals surface area contributed by atoms with Gasteiger partial charge in [0.05, 0.1) is 7.11 Å². The lowest BCUT2D eigenvalue weighted by Gasteiger charge is -2.20. The van der Waals surface area contributed by atoms with E-state index in [1.807, 2.05) is 6.92 Å². The third-order valence-corrected chi connectivity index (χ3v) is 3.79. The van der Waals surface area contributed by atoms with Crippen LogP contribution in [-0.4, -0.2) is 38.5 Å². The van der Waals surface area contributed by atoms with Crippen LogP contribution >= 0.6 is 0 Å². The van der Waals surface area contributed by atoms with Crippen molar-refractivity contribution in [1.29, 1.82) is 0 Å². The van der Waals surface area contributed by atoms with Crippen LogP contribution in [0.3, 0.4) is 0 Å². The molecule has 23 heavy (non-hydrogen) atoms. The Bertz CT molecular complexity index is 791. The lowest BCUT2D eigenvalue weighted by molar-refractivity contribution is -0.116. The zero-order chi connectivity index (χ0) is 16.7. The van der Waals surface area contributed by atoms with Crippen LogP contribution in [0.5, 0.6) is 5.88 Å². The van der Waals surface area contributed by atoms with Crippen molar-refractivity contribution in [1.82, 2.24) is 19.6 Å². The minimum Gasteiger partial charge on any atom is -0.479 e. The fourth-order valence-electron chi connectivity index (χ4n) is 2.76. The fourth-order valence-corrected chi connectivity index (χ4v) is 2.76. The third-order valence-electron chi connectivity index (χ3n) is 3.79. The van der Waals surface area contributed by atoms with E-state index in [-0.39, 0.29) is 23.6 Å². The molecular formula is C14H18N6O3. The predicted molar refractivity (Wildman–Crippen MR) is 82.6 cm³/mol. The van der Waals surface area contributed by atoms with Crippen molar-refractivity contribution in [2.24, 2.45) is 14.1 Å². The Morgan fingerprint density at radius 3 is 2.87 bits per heavy atom. The molecule has 3 rings (SSSR count). The van der Waals surface area contributed by atoms with Crippen molar-refractivity contribution < 1.29 is 14.3 Å². The number of nitrogens with zero attached hydrogens (tertiary/aromatic N) is 4. The van der Waals surface area contributed by atoms with Gasteiger partial charge in [0.2, 0.25) is 11.8 Å². The van der Waals surface area contributed by atoms with E-state index < -0.39 is 0 Å². The maximum absolute atomic E-state index is 12.5. The molecule has 2 amide bonds. The highest BCUT2D eigenvalue weighted by atomic mass is 16.5. The molecule has 2 N–H and O–H groups in total. The lowest BCUT2D eigenvalue weighted by atomic mass is 9.95. The molecular weight excluding hydrogens is 300 g/mol. The average Bonchev–Trinajstić information content (AvgIpc) is 3.00. The van der Waals surface area contributed by atoms with E-state index in [9.17, 15) is 9.59 Å². The summed E-state index contributed by atoms with van der Waals surface area (Å²) >= 11 is 0. The normalized spacial score (nSPS) is 16.7. The van der Waals surface area contributed by atoms with Gasteiger partial charge in [-0.25, -0.2) is 0 Å². The van der Waals surface area contributed by atoms with Crippen LogP contribution in [-0.2, 0) is 18.9 Å². The largest absolute Gasteiger partial charge is 0.479 e. The number of carbonyl (C=O) groups is 2. The molecule has 0 unspecified atom stereocenters. The third kappa shape index (κ3) is 2.54. The second kappa shape index (κ2) is 5.41. The molecule has 1 atom stereocenters. The molecule has 1 aliphatic heterocycles. The molecule has 0 fully saturated rings. The molecule has 9 heteroatoms. The van der Waals surface area contributed by atoms with E-state index in [2.05, 4.69) is 20.8 Å². The SMILES string of the molecule is COc1nn(C)cc1C(=O)Nc1nn(C)c2c1[C@@H](C)CC(=O)N2. The highest BCUT2D eigenvalue weighted by Crippen LogP contribution is 2.37. The number of hydrogen-bond acceptors (Lipinski definition) is 5. The van der Waals surface area contributed by atoms with E-state index >= 15 is 0 Å². The number of carbonyl (C=O) groups excluding carboxylic acids is 2. The number of ether oxygens (including phenoxy) is 1. The van der Waals surface area contributed by atoms with Crippen LogP contribution in [0.25, 0.3) is 0 Å². The van der Waals surface area contributed by atoms with Crippen molar-refractivity contribution in [2.45, 2.75) is 19.3 Å². The van der Waals surface area contributed by atoms with Crippen molar-refractivity contribution in [2.75, 3.05) is 17.7 Å². The molecule has 2 aromatic rings. The van der Waals surface area contributed by atoms with E-state index in [1.165, 1.54) is 11.8 Å². The van der Waals surface area contributed by atoms with Crippen LogP contribution in [0, 0.1) is 0 Å². The second-order valence-electron chi connectivity index (χ2n) is 5.57. The maximum atomic E-state index is 12.5. The van der Waals surface area contributed by atoms with E-state index in [0.717, 1.165) is 5.56 Å². The molecule has 0 saturated carbocycles. The first-order chi connectivity index (χ1) is 10.9. The number of anilines is 2. The number of fused-ring (bicyclic) bond motifs is 1. The Labute approximate surface area is 132 Å². The van der Waals surface area contributed by atoms with Gasteiger partial charge in [0.1, 0.15) is 11.4 Å². The minimum absolute atomic E-state index is 0.0291. The number of aryl methyl sites for hydroxylation is 2. The molecule has 9 nitrogen and oxygen atoms in total. The van der Waals surface area contributed by atoms with Crippen molar-refractivity contribution in [3.8, 4) is 5.88 Å². The Hall–Kier alpha value is -2.84. The quantitative estimate of drug-likeness (QED) is 0.873. The monoisotopic (exact) mass is 318 g/mol. The van der Waals surface area contributed by atoms with Crippen molar-refractivity contribution in [3.63, 3.8) is 0 Å². The van der Waals surface area contributed by atoms with Gasteiger partial charge >= 0.3 is 0 Å². The van der Waals surface area contributed by atoms with Crippen LogP contribution in [0.4, 0.5) is 11.6 Å². The van der Waals surface area contributed by atoms with Gasteiger partial charge in [-0.1, -0.05) is 6.92 Å². The highest BCUT2D eigenvalue weighted by molar-refractivity contribution is 6.06. The molecule has 122 valence electrons. The Morgan fingerprint density at radius 2 is 2.17 bits per heavy atom. The number of aromatic nitrogens is 4. The van der Waals surface area contributed by atoms with Gasteiger partial charge < -0.3 is 15.4 Å². The first-order valence-corrected chi connectivity index (χ1v) is 7.16. The van der Waals surface area contributed by atoms with E-state index in [4.69, 9.17) is 4.74 Å². The summed E-state index contributed by atoms with van der Waals surface area (Å²) in [5.74, 6) is 0.850. The smallest absolute Gasteiger partial charge is 0.263 e. The number of rotatable bonds is 3. The van der Waals surface area contributed by atoms with Gasteiger partial charge in [0, 0.05) is 32.3 Å². The maximum Gasteiger partial charge on any atom is 0.263 e. The number of methoxy groups -OCH3 is 1. The Kier molecular flexibility index (Phi) is 3.55.